The lowest BCUT2D eigenvalue weighted by molar-refractivity contribution is -0.907. The lowest BCUT2D eigenvalue weighted by atomic mass is 10.1. The maximum absolute atomic E-state index is 12.4. The highest BCUT2D eigenvalue weighted by molar-refractivity contribution is 6.36. The van der Waals surface area contributed by atoms with Crippen LogP contribution in [0.1, 0.15) is 12.5 Å². The highest BCUT2D eigenvalue weighted by Crippen LogP contribution is 2.25. The highest BCUT2D eigenvalue weighted by atomic mass is 35.5. The first-order chi connectivity index (χ1) is 12.3. The van der Waals surface area contributed by atoms with Crippen LogP contribution in [0.4, 0.5) is 14.5 Å². The second-order valence-electron chi connectivity index (χ2n) is 5.88. The van der Waals surface area contributed by atoms with E-state index in [1.807, 2.05) is 7.05 Å². The Morgan fingerprint density at radius 1 is 1.19 bits per heavy atom. The predicted octanol–water partition coefficient (Wildman–Crippen LogP) is 3.64. The Bertz CT molecular complexity index is 757. The zero-order valence-electron chi connectivity index (χ0n) is 14.2. The van der Waals surface area contributed by atoms with E-state index in [4.69, 9.17) is 23.2 Å². The summed E-state index contributed by atoms with van der Waals surface area (Å²) >= 11 is 11.9. The van der Waals surface area contributed by atoms with Crippen LogP contribution in [0.15, 0.2) is 42.5 Å². The third-order valence-electron chi connectivity index (χ3n) is 3.95. The lowest BCUT2D eigenvalue weighted by Gasteiger charge is -2.21. The number of likely N-dealkylation sites (N-methyl/N-ethyl adjacent to an activating group) is 1. The van der Waals surface area contributed by atoms with Crippen molar-refractivity contribution in [1.29, 1.82) is 0 Å². The van der Waals surface area contributed by atoms with Crippen LogP contribution in [0.3, 0.4) is 0 Å². The Morgan fingerprint density at radius 3 is 2.42 bits per heavy atom. The average molecular weight is 404 g/mol. The number of nitrogens with one attached hydrogen (secondary N) is 2. The first-order valence-corrected chi connectivity index (χ1v) is 8.64. The number of ether oxygens (including phenoxy) is 1. The molecule has 2 N–H and O–H groups in total. The Balaban J connectivity index is 1.95. The van der Waals surface area contributed by atoms with Crippen molar-refractivity contribution in [2.45, 2.75) is 26.1 Å². The van der Waals surface area contributed by atoms with Gasteiger partial charge in [-0.05, 0) is 49.4 Å². The fraction of sp³-hybridized carbons (Fsp3) is 0.278. The van der Waals surface area contributed by atoms with E-state index in [-0.39, 0.29) is 17.7 Å². The quantitative estimate of drug-likeness (QED) is 0.740. The Morgan fingerprint density at radius 2 is 1.85 bits per heavy atom. The summed E-state index contributed by atoms with van der Waals surface area (Å²) in [5.74, 6) is -0.0889. The van der Waals surface area contributed by atoms with E-state index in [0.717, 1.165) is 10.5 Å². The molecule has 2 rings (SSSR count). The van der Waals surface area contributed by atoms with Crippen molar-refractivity contribution in [2.24, 2.45) is 0 Å². The molecule has 2 atom stereocenters. The van der Waals surface area contributed by atoms with Crippen LogP contribution >= 0.6 is 23.2 Å². The molecule has 140 valence electrons. The van der Waals surface area contributed by atoms with E-state index in [1.54, 1.807) is 37.3 Å². The van der Waals surface area contributed by atoms with Gasteiger partial charge in [-0.2, -0.15) is 8.78 Å². The van der Waals surface area contributed by atoms with Crippen LogP contribution in [-0.4, -0.2) is 25.6 Å². The normalized spacial score (nSPS) is 13.3. The minimum Gasteiger partial charge on any atom is -0.435 e. The molecular weight excluding hydrogens is 385 g/mol. The van der Waals surface area contributed by atoms with Gasteiger partial charge in [0.1, 0.15) is 12.3 Å². The van der Waals surface area contributed by atoms with E-state index in [9.17, 15) is 13.6 Å². The molecule has 0 saturated carbocycles. The first-order valence-electron chi connectivity index (χ1n) is 7.88. The summed E-state index contributed by atoms with van der Waals surface area (Å²) in [6, 6.07) is 10.8. The number of carbonyl (C=O) groups is 1. The van der Waals surface area contributed by atoms with Gasteiger partial charge in [0.25, 0.3) is 5.91 Å². The van der Waals surface area contributed by atoms with Crippen LogP contribution in [-0.2, 0) is 11.3 Å². The molecular formula is C18H19Cl2F2N2O2+. The van der Waals surface area contributed by atoms with Gasteiger partial charge in [0.2, 0.25) is 0 Å². The summed E-state index contributed by atoms with van der Waals surface area (Å²) in [6.07, 6.45) is 0. The van der Waals surface area contributed by atoms with Gasteiger partial charge in [-0.3, -0.25) is 4.79 Å². The van der Waals surface area contributed by atoms with Crippen LogP contribution in [0, 0.1) is 0 Å². The van der Waals surface area contributed by atoms with Crippen LogP contribution in [0.2, 0.25) is 10.0 Å². The molecule has 1 amide bonds. The van der Waals surface area contributed by atoms with Crippen molar-refractivity contribution in [2.75, 3.05) is 12.4 Å². The summed E-state index contributed by atoms with van der Waals surface area (Å²) in [5, 5.41) is 3.64. The van der Waals surface area contributed by atoms with Gasteiger partial charge in [0.05, 0.1) is 17.8 Å². The zero-order chi connectivity index (χ0) is 19.3. The highest BCUT2D eigenvalue weighted by Gasteiger charge is 2.22. The smallest absolute Gasteiger partial charge is 0.387 e. The minimum absolute atomic E-state index is 0.101. The van der Waals surface area contributed by atoms with E-state index in [0.29, 0.717) is 22.3 Å². The fourth-order valence-corrected chi connectivity index (χ4v) is 2.78. The second kappa shape index (κ2) is 9.16. The van der Waals surface area contributed by atoms with Crippen molar-refractivity contribution < 1.29 is 23.2 Å². The van der Waals surface area contributed by atoms with Gasteiger partial charge in [-0.25, -0.2) is 0 Å². The van der Waals surface area contributed by atoms with Gasteiger partial charge >= 0.3 is 6.61 Å². The molecule has 1 unspecified atom stereocenters. The number of carbonyl (C=O) groups excluding carboxylic acids is 1. The zero-order valence-corrected chi connectivity index (χ0v) is 15.7. The molecule has 8 heteroatoms. The number of alkyl halides is 2. The molecule has 0 radical (unpaired) electrons. The number of rotatable bonds is 7. The van der Waals surface area contributed by atoms with E-state index < -0.39 is 6.61 Å². The molecule has 0 heterocycles. The lowest BCUT2D eigenvalue weighted by Crippen LogP contribution is -3.12. The van der Waals surface area contributed by atoms with Crippen molar-refractivity contribution in [1.82, 2.24) is 0 Å². The number of hydrogen-bond donors (Lipinski definition) is 2. The van der Waals surface area contributed by atoms with Crippen molar-refractivity contribution >= 4 is 34.8 Å². The monoisotopic (exact) mass is 403 g/mol. The Kier molecular flexibility index (Phi) is 7.20. The van der Waals surface area contributed by atoms with Gasteiger partial charge in [0.15, 0.2) is 6.04 Å². The van der Waals surface area contributed by atoms with E-state index in [1.165, 1.54) is 12.1 Å². The summed E-state index contributed by atoms with van der Waals surface area (Å²) in [4.78, 5) is 13.4. The second-order valence-corrected chi connectivity index (χ2v) is 6.72. The van der Waals surface area contributed by atoms with Crippen LogP contribution in [0.5, 0.6) is 5.75 Å². The van der Waals surface area contributed by atoms with E-state index in [2.05, 4.69) is 10.1 Å². The Hall–Kier alpha value is -1.89. The topological polar surface area (TPSA) is 42.8 Å². The molecule has 0 aromatic heterocycles. The number of amides is 1. The molecule has 0 aliphatic rings. The minimum atomic E-state index is -2.85. The van der Waals surface area contributed by atoms with Gasteiger partial charge in [-0.1, -0.05) is 23.2 Å². The molecule has 0 aliphatic carbocycles. The maximum atomic E-state index is 12.4. The first kappa shape index (κ1) is 20.4. The molecule has 0 saturated heterocycles. The fourth-order valence-electron chi connectivity index (χ4n) is 2.32. The summed E-state index contributed by atoms with van der Waals surface area (Å²) in [5.41, 5.74) is 1.39. The number of benzene rings is 2. The number of hydrogen-bond acceptors (Lipinski definition) is 2. The maximum Gasteiger partial charge on any atom is 0.387 e. The van der Waals surface area contributed by atoms with Crippen molar-refractivity contribution in [3.63, 3.8) is 0 Å². The largest absolute Gasteiger partial charge is 0.435 e. The Labute approximate surface area is 160 Å². The molecule has 0 fully saturated rings. The van der Waals surface area contributed by atoms with Crippen LogP contribution in [0.25, 0.3) is 0 Å². The molecule has 0 aliphatic heterocycles. The van der Waals surface area contributed by atoms with Crippen molar-refractivity contribution in [3.05, 3.63) is 58.1 Å². The van der Waals surface area contributed by atoms with Gasteiger partial charge in [-0.15, -0.1) is 0 Å². The predicted molar refractivity (Wildman–Crippen MR) is 98.2 cm³/mol. The van der Waals surface area contributed by atoms with Gasteiger partial charge < -0.3 is 15.0 Å². The molecule has 4 nitrogen and oxygen atoms in total. The summed E-state index contributed by atoms with van der Waals surface area (Å²) in [7, 11) is 1.87. The van der Waals surface area contributed by atoms with Crippen molar-refractivity contribution in [3.8, 4) is 5.75 Å². The number of quaternary nitrogens is 1. The summed E-state index contributed by atoms with van der Waals surface area (Å²) < 4.78 is 28.7. The summed E-state index contributed by atoms with van der Waals surface area (Å²) in [6.45, 7) is -0.515. The standard InChI is InChI=1S/C18H18Cl2F2N2O2/c1-11(17(25)23-16-8-5-13(19)9-15(16)20)24(2)10-12-3-6-14(7-4-12)26-18(21)22/h3-9,11,18H,10H2,1-2H3,(H,23,25)/p+1/t11-/m0/s1. The molecule has 2 aromatic carbocycles. The molecule has 0 spiro atoms. The number of halogens is 4. The molecule has 0 bridgehead atoms. The SMILES string of the molecule is C[C@@H](C(=O)Nc1ccc(Cl)cc1Cl)[NH+](C)Cc1ccc(OC(F)F)cc1. The molecule has 26 heavy (non-hydrogen) atoms. The third-order valence-corrected chi connectivity index (χ3v) is 4.50. The number of anilines is 1. The third kappa shape index (κ3) is 5.83. The van der Waals surface area contributed by atoms with E-state index >= 15 is 0 Å². The van der Waals surface area contributed by atoms with Gasteiger partial charge in [0, 0.05) is 10.6 Å². The average Bonchev–Trinajstić information content (AvgIpc) is 2.57. The van der Waals surface area contributed by atoms with Crippen LogP contribution < -0.4 is 15.0 Å². The molecule has 2 aromatic rings.